The molecule has 2 nitrogen and oxygen atoms in total. The van der Waals surface area contributed by atoms with E-state index in [0.29, 0.717) is 12.0 Å². The van der Waals surface area contributed by atoms with Crippen LogP contribution in [0.3, 0.4) is 0 Å². The van der Waals surface area contributed by atoms with Crippen molar-refractivity contribution in [3.05, 3.63) is 35.5 Å². The van der Waals surface area contributed by atoms with Gasteiger partial charge in [0.2, 0.25) is 0 Å². The Morgan fingerprint density at radius 2 is 1.94 bits per heavy atom. The fourth-order valence-corrected chi connectivity index (χ4v) is 2.52. The fourth-order valence-electron chi connectivity index (χ4n) is 2.52. The molecule has 2 N–H and O–H groups in total. The molecular weight excluding hydrogens is 220 g/mol. The Kier molecular flexibility index (Phi) is 3.49. The van der Waals surface area contributed by atoms with E-state index in [4.69, 9.17) is 5.73 Å². The first kappa shape index (κ1) is 13.2. The summed E-state index contributed by atoms with van der Waals surface area (Å²) in [4.78, 5) is 0. The molecule has 1 aromatic heterocycles. The second kappa shape index (κ2) is 4.77. The number of aromatic nitrogens is 1. The Morgan fingerprint density at radius 3 is 2.56 bits per heavy atom. The molecule has 0 saturated carbocycles. The third-order valence-electron chi connectivity index (χ3n) is 3.21. The first-order chi connectivity index (χ1) is 8.40. The van der Waals surface area contributed by atoms with Crippen molar-refractivity contribution in [3.63, 3.8) is 0 Å². The number of fused-ring (bicyclic) bond motifs is 1. The maximum atomic E-state index is 5.70. The Labute approximate surface area is 110 Å². The van der Waals surface area contributed by atoms with Crippen LogP contribution in [0.1, 0.15) is 31.9 Å². The number of hydrogen-bond donors (Lipinski definition) is 1. The molecule has 0 bridgehead atoms. The van der Waals surface area contributed by atoms with E-state index in [1.165, 1.54) is 22.0 Å². The average Bonchev–Trinajstić information content (AvgIpc) is 2.55. The molecular formula is C16H24N2. The lowest BCUT2D eigenvalue weighted by Crippen LogP contribution is -2.10. The van der Waals surface area contributed by atoms with Crippen LogP contribution in [-0.2, 0) is 13.0 Å². The highest BCUT2D eigenvalue weighted by molar-refractivity contribution is 5.84. The van der Waals surface area contributed by atoms with Crippen molar-refractivity contribution >= 4 is 10.9 Å². The lowest BCUT2D eigenvalue weighted by molar-refractivity contribution is 0.412. The van der Waals surface area contributed by atoms with E-state index in [1.54, 1.807) is 0 Å². The second-order valence-electron chi connectivity index (χ2n) is 6.39. The van der Waals surface area contributed by atoms with Crippen LogP contribution in [0, 0.1) is 12.3 Å². The van der Waals surface area contributed by atoms with E-state index >= 15 is 0 Å². The van der Waals surface area contributed by atoms with Crippen LogP contribution in [-0.4, -0.2) is 11.1 Å². The molecule has 0 atom stereocenters. The Hall–Kier alpha value is -1.28. The highest BCUT2D eigenvalue weighted by Gasteiger charge is 2.16. The van der Waals surface area contributed by atoms with Crippen LogP contribution in [0.15, 0.2) is 24.4 Å². The maximum Gasteiger partial charge on any atom is 0.0483 e. The minimum absolute atomic E-state index is 0.311. The topological polar surface area (TPSA) is 30.9 Å². The van der Waals surface area contributed by atoms with Gasteiger partial charge in [-0.15, -0.1) is 0 Å². The monoisotopic (exact) mass is 244 g/mol. The molecule has 0 unspecified atom stereocenters. The van der Waals surface area contributed by atoms with Crippen LogP contribution >= 0.6 is 0 Å². The minimum atomic E-state index is 0.311. The number of hydrogen-bond acceptors (Lipinski definition) is 1. The standard InChI is InChI=1S/C16H24N2/c1-12-5-6-15-14(9-12)13(10-16(2,3)4)11-18(15)8-7-17/h5-6,9,11H,7-8,10,17H2,1-4H3. The quantitative estimate of drug-likeness (QED) is 0.880. The minimum Gasteiger partial charge on any atom is -0.346 e. The van der Waals surface area contributed by atoms with Crippen molar-refractivity contribution in [2.75, 3.05) is 6.54 Å². The van der Waals surface area contributed by atoms with Crippen LogP contribution in [0.5, 0.6) is 0 Å². The van der Waals surface area contributed by atoms with Gasteiger partial charge in [0.05, 0.1) is 0 Å². The van der Waals surface area contributed by atoms with Crippen molar-refractivity contribution in [1.29, 1.82) is 0 Å². The third kappa shape index (κ3) is 2.75. The van der Waals surface area contributed by atoms with E-state index in [2.05, 4.69) is 56.7 Å². The van der Waals surface area contributed by atoms with Crippen molar-refractivity contribution < 1.29 is 0 Å². The number of nitrogens with zero attached hydrogens (tertiary/aromatic N) is 1. The summed E-state index contributed by atoms with van der Waals surface area (Å²) in [6, 6.07) is 6.69. The van der Waals surface area contributed by atoms with Crippen LogP contribution in [0.2, 0.25) is 0 Å². The molecule has 0 aliphatic heterocycles. The number of nitrogens with two attached hydrogens (primary N) is 1. The Morgan fingerprint density at radius 1 is 1.22 bits per heavy atom. The van der Waals surface area contributed by atoms with Crippen LogP contribution in [0.4, 0.5) is 0 Å². The summed E-state index contributed by atoms with van der Waals surface area (Å²) in [5.74, 6) is 0. The number of aryl methyl sites for hydroxylation is 1. The molecule has 0 amide bonds. The van der Waals surface area contributed by atoms with Gasteiger partial charge in [0.25, 0.3) is 0 Å². The van der Waals surface area contributed by atoms with E-state index in [0.717, 1.165) is 13.0 Å². The molecule has 2 aromatic rings. The summed E-state index contributed by atoms with van der Waals surface area (Å²) in [7, 11) is 0. The van der Waals surface area contributed by atoms with Crippen LogP contribution in [0.25, 0.3) is 10.9 Å². The lowest BCUT2D eigenvalue weighted by Gasteiger charge is -2.17. The average molecular weight is 244 g/mol. The molecule has 2 heteroatoms. The Bertz CT molecular complexity index is 544. The summed E-state index contributed by atoms with van der Waals surface area (Å²) < 4.78 is 2.29. The highest BCUT2D eigenvalue weighted by Crippen LogP contribution is 2.29. The number of benzene rings is 1. The molecule has 1 aromatic carbocycles. The first-order valence-corrected chi connectivity index (χ1v) is 6.69. The summed E-state index contributed by atoms with van der Waals surface area (Å²) >= 11 is 0. The zero-order chi connectivity index (χ0) is 13.3. The van der Waals surface area contributed by atoms with Gasteiger partial charge in [0, 0.05) is 30.2 Å². The molecule has 0 spiro atoms. The van der Waals surface area contributed by atoms with E-state index < -0.39 is 0 Å². The molecule has 0 aliphatic carbocycles. The predicted octanol–water partition coefficient (Wildman–Crippen LogP) is 3.50. The molecule has 1 heterocycles. The zero-order valence-electron chi connectivity index (χ0n) is 12.0. The van der Waals surface area contributed by atoms with Gasteiger partial charge in [-0.05, 0) is 36.5 Å². The van der Waals surface area contributed by atoms with Gasteiger partial charge in [-0.2, -0.15) is 0 Å². The lowest BCUT2D eigenvalue weighted by atomic mass is 9.88. The van der Waals surface area contributed by atoms with Crippen LogP contribution < -0.4 is 5.73 Å². The normalized spacial score (nSPS) is 12.3. The van der Waals surface area contributed by atoms with Gasteiger partial charge >= 0.3 is 0 Å². The van der Waals surface area contributed by atoms with E-state index in [9.17, 15) is 0 Å². The summed E-state index contributed by atoms with van der Waals surface area (Å²) in [6.45, 7) is 10.6. The molecule has 18 heavy (non-hydrogen) atoms. The molecule has 2 rings (SSSR count). The van der Waals surface area contributed by atoms with Gasteiger partial charge < -0.3 is 10.3 Å². The molecule has 0 radical (unpaired) electrons. The van der Waals surface area contributed by atoms with Gasteiger partial charge in [0.1, 0.15) is 0 Å². The highest BCUT2D eigenvalue weighted by atomic mass is 15.0. The number of rotatable bonds is 3. The second-order valence-corrected chi connectivity index (χ2v) is 6.39. The smallest absolute Gasteiger partial charge is 0.0483 e. The maximum absolute atomic E-state index is 5.70. The van der Waals surface area contributed by atoms with Crippen molar-refractivity contribution in [1.82, 2.24) is 4.57 Å². The largest absolute Gasteiger partial charge is 0.346 e. The third-order valence-corrected chi connectivity index (χ3v) is 3.21. The SMILES string of the molecule is Cc1ccc2c(c1)c(CC(C)(C)C)cn2CCN. The van der Waals surface area contributed by atoms with E-state index in [-0.39, 0.29) is 0 Å². The van der Waals surface area contributed by atoms with Gasteiger partial charge in [-0.25, -0.2) is 0 Å². The van der Waals surface area contributed by atoms with Gasteiger partial charge in [-0.1, -0.05) is 32.4 Å². The molecule has 0 saturated heterocycles. The Balaban J connectivity index is 2.54. The predicted molar refractivity (Wildman–Crippen MR) is 78.9 cm³/mol. The fraction of sp³-hybridized carbons (Fsp3) is 0.500. The summed E-state index contributed by atoms with van der Waals surface area (Å²) in [5.41, 5.74) is 10.1. The van der Waals surface area contributed by atoms with Gasteiger partial charge in [-0.3, -0.25) is 0 Å². The van der Waals surface area contributed by atoms with Crippen molar-refractivity contribution in [2.45, 2.75) is 40.7 Å². The zero-order valence-corrected chi connectivity index (χ0v) is 12.0. The van der Waals surface area contributed by atoms with Crippen molar-refractivity contribution in [3.8, 4) is 0 Å². The van der Waals surface area contributed by atoms with Gasteiger partial charge in [0.15, 0.2) is 0 Å². The molecule has 0 fully saturated rings. The summed E-state index contributed by atoms with van der Waals surface area (Å²) in [5, 5.41) is 1.39. The van der Waals surface area contributed by atoms with Crippen molar-refractivity contribution in [2.24, 2.45) is 11.1 Å². The molecule has 0 aliphatic rings. The first-order valence-electron chi connectivity index (χ1n) is 6.69. The summed E-state index contributed by atoms with van der Waals surface area (Å²) in [6.07, 6.45) is 3.38. The van der Waals surface area contributed by atoms with E-state index in [1.807, 2.05) is 0 Å². The molecule has 98 valence electrons.